The molecule has 2 rings (SSSR count). The van der Waals surface area contributed by atoms with Crippen LogP contribution in [0.1, 0.15) is 12.8 Å². The van der Waals surface area contributed by atoms with Crippen LogP contribution in [-0.4, -0.2) is 50.2 Å². The molecule has 0 aromatic rings. The highest BCUT2D eigenvalue weighted by Gasteiger charge is 2.46. The van der Waals surface area contributed by atoms with Crippen LogP contribution in [0, 0.1) is 11.8 Å². The van der Waals surface area contributed by atoms with Crippen molar-refractivity contribution in [3.63, 3.8) is 0 Å². The van der Waals surface area contributed by atoms with Crippen molar-refractivity contribution in [3.8, 4) is 0 Å². The second-order valence-corrected chi connectivity index (χ2v) is 4.41. The first-order valence-electron chi connectivity index (χ1n) is 5.56. The first-order chi connectivity index (χ1) is 7.67. The molecule has 2 atom stereocenters. The Morgan fingerprint density at radius 3 is 2.19 bits per heavy atom. The molecule has 90 valence electrons. The van der Waals surface area contributed by atoms with E-state index in [4.69, 9.17) is 4.74 Å². The molecule has 1 amide bonds. The molecule has 5 nitrogen and oxygen atoms in total. The van der Waals surface area contributed by atoms with Gasteiger partial charge in [-0.1, -0.05) is 0 Å². The van der Waals surface area contributed by atoms with Crippen LogP contribution in [0.2, 0.25) is 0 Å². The second kappa shape index (κ2) is 4.41. The van der Waals surface area contributed by atoms with Crippen molar-refractivity contribution in [3.05, 3.63) is 0 Å². The topological polar surface area (TPSA) is 55.8 Å². The third-order valence-corrected chi connectivity index (χ3v) is 3.59. The van der Waals surface area contributed by atoms with E-state index in [1.54, 1.807) is 12.0 Å². The van der Waals surface area contributed by atoms with Crippen LogP contribution in [0.3, 0.4) is 0 Å². The monoisotopic (exact) mass is 227 g/mol. The van der Waals surface area contributed by atoms with Crippen molar-refractivity contribution in [2.45, 2.75) is 18.9 Å². The van der Waals surface area contributed by atoms with Gasteiger partial charge >= 0.3 is 5.97 Å². The molecule has 0 radical (unpaired) electrons. The molecule has 1 saturated carbocycles. The molecule has 1 aliphatic carbocycles. The maximum atomic E-state index is 12.0. The first-order valence-corrected chi connectivity index (χ1v) is 5.56. The quantitative estimate of drug-likeness (QED) is 0.639. The summed E-state index contributed by atoms with van der Waals surface area (Å²) in [5, 5.41) is 0. The van der Waals surface area contributed by atoms with E-state index >= 15 is 0 Å². The molecular weight excluding hydrogens is 210 g/mol. The zero-order chi connectivity index (χ0) is 11.7. The van der Waals surface area contributed by atoms with Crippen molar-refractivity contribution in [1.29, 1.82) is 0 Å². The molecule has 5 heteroatoms. The lowest BCUT2D eigenvalue weighted by molar-refractivity contribution is -0.164. The molecule has 2 aliphatic rings. The van der Waals surface area contributed by atoms with Gasteiger partial charge in [-0.15, -0.1) is 0 Å². The van der Waals surface area contributed by atoms with E-state index in [2.05, 4.69) is 4.74 Å². The Morgan fingerprint density at radius 1 is 1.12 bits per heavy atom. The summed E-state index contributed by atoms with van der Waals surface area (Å²) in [6, 6.07) is 0. The van der Waals surface area contributed by atoms with Gasteiger partial charge in [-0.05, 0) is 12.8 Å². The molecule has 2 fully saturated rings. The summed E-state index contributed by atoms with van der Waals surface area (Å²) in [4.78, 5) is 25.1. The summed E-state index contributed by atoms with van der Waals surface area (Å²) in [5.74, 6) is -0.562. The van der Waals surface area contributed by atoms with Crippen LogP contribution in [0.25, 0.3) is 0 Å². The number of methoxy groups -OCH3 is 2. The van der Waals surface area contributed by atoms with E-state index in [1.807, 2.05) is 0 Å². The molecule has 1 heterocycles. The van der Waals surface area contributed by atoms with Gasteiger partial charge in [0.1, 0.15) is 0 Å². The number of carbonyl (C=O) groups is 2. The zero-order valence-electron chi connectivity index (χ0n) is 9.64. The van der Waals surface area contributed by atoms with Crippen LogP contribution in [-0.2, 0) is 19.1 Å². The third-order valence-electron chi connectivity index (χ3n) is 3.59. The maximum Gasteiger partial charge on any atom is 0.309 e. The van der Waals surface area contributed by atoms with Gasteiger partial charge in [0.05, 0.1) is 25.0 Å². The van der Waals surface area contributed by atoms with Gasteiger partial charge in [0.2, 0.25) is 5.91 Å². The summed E-state index contributed by atoms with van der Waals surface area (Å²) in [6.45, 7) is 1.31. The maximum absolute atomic E-state index is 12.0. The standard InChI is InChI=1S/C11H17NO4/c1-15-7-5-12(6-7)10(13)8-3-4-9(8)11(14)16-2/h7-9H,3-6H2,1-2H3. The highest BCUT2D eigenvalue weighted by molar-refractivity contribution is 5.87. The molecule has 0 aromatic carbocycles. The smallest absolute Gasteiger partial charge is 0.309 e. The minimum Gasteiger partial charge on any atom is -0.469 e. The minimum absolute atomic E-state index is 0.0787. The number of esters is 1. The highest BCUT2D eigenvalue weighted by atomic mass is 16.5. The number of nitrogens with zero attached hydrogens (tertiary/aromatic N) is 1. The van der Waals surface area contributed by atoms with Crippen LogP contribution in [0.5, 0.6) is 0 Å². The summed E-state index contributed by atoms with van der Waals surface area (Å²) >= 11 is 0. The van der Waals surface area contributed by atoms with Crippen molar-refractivity contribution in [2.24, 2.45) is 11.8 Å². The lowest BCUT2D eigenvalue weighted by Gasteiger charge is -2.43. The number of ether oxygens (including phenoxy) is 2. The van der Waals surface area contributed by atoms with Gasteiger partial charge in [0.15, 0.2) is 0 Å². The number of likely N-dealkylation sites (tertiary alicyclic amines) is 1. The lowest BCUT2D eigenvalue weighted by atomic mass is 9.72. The van der Waals surface area contributed by atoms with Gasteiger partial charge < -0.3 is 14.4 Å². The number of hydrogen-bond donors (Lipinski definition) is 0. The van der Waals surface area contributed by atoms with Crippen molar-refractivity contribution in [2.75, 3.05) is 27.3 Å². The Hall–Kier alpha value is -1.10. The van der Waals surface area contributed by atoms with Crippen LogP contribution >= 0.6 is 0 Å². The zero-order valence-corrected chi connectivity index (χ0v) is 9.64. The molecule has 1 saturated heterocycles. The number of amides is 1. The third kappa shape index (κ3) is 1.80. The molecule has 0 bridgehead atoms. The van der Waals surface area contributed by atoms with Gasteiger partial charge in [0.25, 0.3) is 0 Å². The van der Waals surface area contributed by atoms with E-state index in [0.717, 1.165) is 12.8 Å². The Kier molecular flexibility index (Phi) is 3.14. The molecular formula is C11H17NO4. The van der Waals surface area contributed by atoms with Gasteiger partial charge in [-0.3, -0.25) is 9.59 Å². The number of carbonyl (C=O) groups excluding carboxylic acids is 2. The van der Waals surface area contributed by atoms with E-state index in [1.165, 1.54) is 7.11 Å². The average Bonchev–Trinajstić information content (AvgIpc) is 2.14. The Bertz CT molecular complexity index is 298. The van der Waals surface area contributed by atoms with E-state index < -0.39 is 0 Å². The van der Waals surface area contributed by atoms with E-state index in [9.17, 15) is 9.59 Å². The largest absolute Gasteiger partial charge is 0.469 e. The van der Waals surface area contributed by atoms with E-state index in [0.29, 0.717) is 13.1 Å². The second-order valence-electron chi connectivity index (χ2n) is 4.41. The Balaban J connectivity index is 1.85. The lowest BCUT2D eigenvalue weighted by Crippen LogP contribution is -2.58. The van der Waals surface area contributed by atoms with Gasteiger partial charge in [-0.2, -0.15) is 0 Å². The molecule has 0 spiro atoms. The number of rotatable bonds is 3. The van der Waals surface area contributed by atoms with Crippen molar-refractivity contribution in [1.82, 2.24) is 4.90 Å². The van der Waals surface area contributed by atoms with Gasteiger partial charge in [0, 0.05) is 20.2 Å². The predicted molar refractivity (Wildman–Crippen MR) is 55.6 cm³/mol. The summed E-state index contributed by atoms with van der Waals surface area (Å²) in [5.41, 5.74) is 0. The number of hydrogen-bond acceptors (Lipinski definition) is 4. The molecule has 2 unspecified atom stereocenters. The normalized spacial score (nSPS) is 29.2. The Morgan fingerprint density at radius 2 is 1.75 bits per heavy atom. The minimum atomic E-state index is -0.256. The summed E-state index contributed by atoms with van der Waals surface area (Å²) < 4.78 is 9.78. The molecule has 1 aliphatic heterocycles. The fourth-order valence-electron chi connectivity index (χ4n) is 2.23. The molecule has 0 aromatic heterocycles. The van der Waals surface area contributed by atoms with Crippen LogP contribution < -0.4 is 0 Å². The fourth-order valence-corrected chi connectivity index (χ4v) is 2.23. The molecule has 0 N–H and O–H groups in total. The fraction of sp³-hybridized carbons (Fsp3) is 0.818. The van der Waals surface area contributed by atoms with Crippen molar-refractivity contribution < 1.29 is 19.1 Å². The highest BCUT2D eigenvalue weighted by Crippen LogP contribution is 2.37. The summed E-state index contributed by atoms with van der Waals surface area (Å²) in [7, 11) is 3.01. The van der Waals surface area contributed by atoms with Gasteiger partial charge in [-0.25, -0.2) is 0 Å². The Labute approximate surface area is 94.7 Å². The van der Waals surface area contributed by atoms with Crippen LogP contribution in [0.4, 0.5) is 0 Å². The average molecular weight is 227 g/mol. The molecule has 16 heavy (non-hydrogen) atoms. The van der Waals surface area contributed by atoms with E-state index in [-0.39, 0.29) is 29.8 Å². The summed E-state index contributed by atoms with van der Waals surface area (Å²) in [6.07, 6.45) is 1.73. The predicted octanol–water partition coefficient (Wildman–Crippen LogP) is 0.0428. The van der Waals surface area contributed by atoms with Crippen LogP contribution in [0.15, 0.2) is 0 Å². The van der Waals surface area contributed by atoms with Crippen molar-refractivity contribution >= 4 is 11.9 Å². The first kappa shape index (κ1) is 11.4. The SMILES string of the molecule is COC(=O)C1CCC1C(=O)N1CC(OC)C1.